The summed E-state index contributed by atoms with van der Waals surface area (Å²) in [6.07, 6.45) is -1.62. The predicted molar refractivity (Wildman–Crippen MR) is 42.6 cm³/mol. The molecule has 0 aromatic carbocycles. The Morgan fingerprint density at radius 3 is 2.58 bits per heavy atom. The van der Waals surface area contributed by atoms with Gasteiger partial charge >= 0.3 is 0 Å². The first-order chi connectivity index (χ1) is 5.49. The molecule has 0 amide bonds. The van der Waals surface area contributed by atoms with Crippen LogP contribution in [0.5, 0.6) is 0 Å². The van der Waals surface area contributed by atoms with Crippen LogP contribution in [0.4, 0.5) is 0 Å². The standard InChI is InChI=1S/C8H16O4/c1-5-7(10)8(2,11-3)4-6(9)12-5/h5-7,9-10H,4H2,1-3H3/t5-,6+,7-,8+/m1/s1. The van der Waals surface area contributed by atoms with Crippen LogP contribution < -0.4 is 0 Å². The summed E-state index contributed by atoms with van der Waals surface area (Å²) < 4.78 is 10.2. The van der Waals surface area contributed by atoms with Crippen molar-refractivity contribution in [3.63, 3.8) is 0 Å². The van der Waals surface area contributed by atoms with Crippen LogP contribution in [-0.4, -0.2) is 41.4 Å². The van der Waals surface area contributed by atoms with Gasteiger partial charge in [-0.15, -0.1) is 0 Å². The minimum Gasteiger partial charge on any atom is -0.387 e. The highest BCUT2D eigenvalue weighted by atomic mass is 16.6. The Hall–Kier alpha value is -0.160. The zero-order valence-corrected chi connectivity index (χ0v) is 7.65. The summed E-state index contributed by atoms with van der Waals surface area (Å²) in [6.45, 7) is 3.48. The maximum Gasteiger partial charge on any atom is 0.157 e. The van der Waals surface area contributed by atoms with Crippen molar-refractivity contribution in [1.82, 2.24) is 0 Å². The molecular weight excluding hydrogens is 160 g/mol. The van der Waals surface area contributed by atoms with E-state index in [1.165, 1.54) is 7.11 Å². The minimum atomic E-state index is -0.839. The van der Waals surface area contributed by atoms with Gasteiger partial charge < -0.3 is 19.7 Å². The Morgan fingerprint density at radius 2 is 2.08 bits per heavy atom. The SMILES string of the molecule is CO[C@@]1(C)C[C@@H](O)O[C@H](C)[C@H]1O. The average Bonchev–Trinajstić information content (AvgIpc) is 2.00. The van der Waals surface area contributed by atoms with Crippen LogP contribution >= 0.6 is 0 Å². The molecule has 1 heterocycles. The number of hydrogen-bond acceptors (Lipinski definition) is 4. The number of rotatable bonds is 1. The zero-order chi connectivity index (χ0) is 9.35. The fourth-order valence-corrected chi connectivity index (χ4v) is 1.54. The Labute approximate surface area is 72.1 Å². The monoisotopic (exact) mass is 176 g/mol. The van der Waals surface area contributed by atoms with E-state index in [9.17, 15) is 10.2 Å². The molecule has 1 aliphatic rings. The lowest BCUT2D eigenvalue weighted by Crippen LogP contribution is -2.55. The summed E-state index contributed by atoms with van der Waals surface area (Å²) in [4.78, 5) is 0. The third-order valence-corrected chi connectivity index (χ3v) is 2.49. The van der Waals surface area contributed by atoms with Crippen molar-refractivity contribution in [2.75, 3.05) is 7.11 Å². The molecule has 12 heavy (non-hydrogen) atoms. The highest BCUT2D eigenvalue weighted by molar-refractivity contribution is 4.91. The van der Waals surface area contributed by atoms with E-state index < -0.39 is 24.1 Å². The van der Waals surface area contributed by atoms with Crippen LogP contribution in [0.1, 0.15) is 20.3 Å². The lowest BCUT2D eigenvalue weighted by atomic mass is 9.89. The molecular formula is C8H16O4. The number of hydrogen-bond donors (Lipinski definition) is 2. The second-order valence-corrected chi connectivity index (χ2v) is 3.46. The third kappa shape index (κ3) is 1.61. The summed E-state index contributed by atoms with van der Waals surface area (Å²) in [5.41, 5.74) is -0.697. The van der Waals surface area contributed by atoms with Gasteiger partial charge in [-0.2, -0.15) is 0 Å². The molecule has 1 saturated heterocycles. The van der Waals surface area contributed by atoms with E-state index in [2.05, 4.69) is 0 Å². The van der Waals surface area contributed by atoms with Crippen LogP contribution in [0.3, 0.4) is 0 Å². The van der Waals surface area contributed by atoms with Gasteiger partial charge in [-0.05, 0) is 13.8 Å². The summed E-state index contributed by atoms with van der Waals surface area (Å²) in [7, 11) is 1.52. The molecule has 1 aliphatic heterocycles. The maximum absolute atomic E-state index is 9.65. The maximum atomic E-state index is 9.65. The summed E-state index contributed by atoms with van der Waals surface area (Å²) in [6, 6.07) is 0. The van der Waals surface area contributed by atoms with Crippen molar-refractivity contribution in [1.29, 1.82) is 0 Å². The predicted octanol–water partition coefficient (Wildman–Crippen LogP) is -0.120. The second kappa shape index (κ2) is 3.30. The smallest absolute Gasteiger partial charge is 0.157 e. The van der Waals surface area contributed by atoms with Crippen molar-refractivity contribution in [3.8, 4) is 0 Å². The average molecular weight is 176 g/mol. The van der Waals surface area contributed by atoms with Crippen molar-refractivity contribution in [2.24, 2.45) is 0 Å². The second-order valence-electron chi connectivity index (χ2n) is 3.46. The van der Waals surface area contributed by atoms with Gasteiger partial charge in [-0.3, -0.25) is 0 Å². The molecule has 1 fully saturated rings. The molecule has 2 N–H and O–H groups in total. The molecule has 4 heteroatoms. The van der Waals surface area contributed by atoms with E-state index in [1.54, 1.807) is 13.8 Å². The molecule has 0 unspecified atom stereocenters. The van der Waals surface area contributed by atoms with Gasteiger partial charge in [-0.1, -0.05) is 0 Å². The molecule has 4 atom stereocenters. The van der Waals surface area contributed by atoms with Crippen LogP contribution in [0.25, 0.3) is 0 Å². The van der Waals surface area contributed by atoms with E-state index in [0.29, 0.717) is 6.42 Å². The van der Waals surface area contributed by atoms with E-state index in [4.69, 9.17) is 9.47 Å². The highest BCUT2D eigenvalue weighted by Crippen LogP contribution is 2.30. The topological polar surface area (TPSA) is 58.9 Å². The molecule has 1 rings (SSSR count). The lowest BCUT2D eigenvalue weighted by molar-refractivity contribution is -0.263. The summed E-state index contributed by atoms with van der Waals surface area (Å²) >= 11 is 0. The number of aliphatic hydroxyl groups is 2. The molecule has 0 radical (unpaired) electrons. The molecule has 72 valence electrons. The quantitative estimate of drug-likeness (QED) is 0.584. The number of aliphatic hydroxyl groups excluding tert-OH is 2. The molecule has 0 aromatic heterocycles. The van der Waals surface area contributed by atoms with Gasteiger partial charge in [0.1, 0.15) is 6.10 Å². The van der Waals surface area contributed by atoms with Gasteiger partial charge in [0.25, 0.3) is 0 Å². The first kappa shape index (κ1) is 9.92. The number of ether oxygens (including phenoxy) is 2. The van der Waals surface area contributed by atoms with E-state index in [1.807, 2.05) is 0 Å². The first-order valence-corrected chi connectivity index (χ1v) is 4.06. The molecule has 4 nitrogen and oxygen atoms in total. The highest BCUT2D eigenvalue weighted by Gasteiger charge is 2.44. The van der Waals surface area contributed by atoms with Crippen molar-refractivity contribution >= 4 is 0 Å². The Morgan fingerprint density at radius 1 is 1.50 bits per heavy atom. The van der Waals surface area contributed by atoms with Crippen molar-refractivity contribution < 1.29 is 19.7 Å². The Balaban J connectivity index is 2.72. The van der Waals surface area contributed by atoms with Gasteiger partial charge in [0.2, 0.25) is 0 Å². The van der Waals surface area contributed by atoms with E-state index in [-0.39, 0.29) is 0 Å². The molecule has 0 aromatic rings. The van der Waals surface area contributed by atoms with Gasteiger partial charge in [0.15, 0.2) is 6.29 Å². The fourth-order valence-electron chi connectivity index (χ4n) is 1.54. The first-order valence-electron chi connectivity index (χ1n) is 4.06. The van der Waals surface area contributed by atoms with Crippen LogP contribution in [0.15, 0.2) is 0 Å². The lowest BCUT2D eigenvalue weighted by Gasteiger charge is -2.42. The molecule has 0 bridgehead atoms. The Bertz CT molecular complexity index is 161. The third-order valence-electron chi connectivity index (χ3n) is 2.49. The molecule has 0 saturated carbocycles. The van der Waals surface area contributed by atoms with Gasteiger partial charge in [-0.25, -0.2) is 0 Å². The number of methoxy groups -OCH3 is 1. The summed E-state index contributed by atoms with van der Waals surface area (Å²) in [5.74, 6) is 0. The normalized spacial score (nSPS) is 49.2. The van der Waals surface area contributed by atoms with Gasteiger partial charge in [0.05, 0.1) is 11.7 Å². The molecule has 0 spiro atoms. The minimum absolute atomic E-state index is 0.301. The van der Waals surface area contributed by atoms with Crippen LogP contribution in [0.2, 0.25) is 0 Å². The van der Waals surface area contributed by atoms with E-state index in [0.717, 1.165) is 0 Å². The zero-order valence-electron chi connectivity index (χ0n) is 7.65. The summed E-state index contributed by atoms with van der Waals surface area (Å²) in [5, 5.41) is 18.9. The van der Waals surface area contributed by atoms with Crippen LogP contribution in [-0.2, 0) is 9.47 Å². The fraction of sp³-hybridized carbons (Fsp3) is 1.00. The Kier molecular flexibility index (Phi) is 2.73. The van der Waals surface area contributed by atoms with Crippen molar-refractivity contribution in [3.05, 3.63) is 0 Å². The van der Waals surface area contributed by atoms with Gasteiger partial charge in [0, 0.05) is 13.5 Å². The van der Waals surface area contributed by atoms with Crippen LogP contribution in [0, 0.1) is 0 Å². The van der Waals surface area contributed by atoms with E-state index >= 15 is 0 Å². The van der Waals surface area contributed by atoms with Crippen molar-refractivity contribution in [2.45, 2.75) is 44.4 Å². The molecule has 0 aliphatic carbocycles. The largest absolute Gasteiger partial charge is 0.387 e.